The number of hydrogen-bond acceptors (Lipinski definition) is 3. The molecular weight excluding hydrogens is 553 g/mol. The zero-order valence-electron chi connectivity index (χ0n) is 24.5. The number of aliphatic carboxylic acids is 1. The Morgan fingerprint density at radius 1 is 0.600 bits per heavy atom. The Kier molecular flexibility index (Phi) is 9.08. The Morgan fingerprint density at radius 3 is 1.47 bits per heavy atom. The summed E-state index contributed by atoms with van der Waals surface area (Å²) in [5, 5.41) is 10.4. The minimum Gasteiger partial charge on any atom is -0.477 e. The van der Waals surface area contributed by atoms with E-state index < -0.39 is 5.97 Å². The highest BCUT2D eigenvalue weighted by Crippen LogP contribution is 2.32. The first-order valence-electron chi connectivity index (χ1n) is 14.8. The summed E-state index contributed by atoms with van der Waals surface area (Å²) >= 11 is 0. The second kappa shape index (κ2) is 14.0. The van der Waals surface area contributed by atoms with E-state index in [0.29, 0.717) is 17.1 Å². The summed E-state index contributed by atoms with van der Waals surface area (Å²) in [6.45, 7) is -0.289. The molecule has 1 aliphatic heterocycles. The molecule has 5 heteroatoms. The fourth-order valence-corrected chi connectivity index (χ4v) is 5.27. The molecule has 1 heterocycles. The summed E-state index contributed by atoms with van der Waals surface area (Å²) in [5.41, 5.74) is 6.09. The third-order valence-electron chi connectivity index (χ3n) is 7.43. The number of aliphatic imine (C=N–C) groups is 1. The van der Waals surface area contributed by atoms with Crippen molar-refractivity contribution in [3.63, 3.8) is 0 Å². The molecule has 1 aliphatic rings. The van der Waals surface area contributed by atoms with Gasteiger partial charge in [0.15, 0.2) is 0 Å². The highest BCUT2D eigenvalue weighted by molar-refractivity contribution is 7.10. The van der Waals surface area contributed by atoms with Crippen molar-refractivity contribution in [3.8, 4) is 0 Å². The van der Waals surface area contributed by atoms with Crippen molar-refractivity contribution in [2.24, 2.45) is 4.99 Å². The first-order chi connectivity index (χ1) is 22.2. The summed E-state index contributed by atoms with van der Waals surface area (Å²) in [6.07, 6.45) is 7.17. The highest BCUT2D eigenvalue weighted by Gasteiger charge is 2.27. The van der Waals surface area contributed by atoms with Gasteiger partial charge in [-0.15, -0.1) is 0 Å². The number of carbonyl (C=O) groups is 1. The summed E-state index contributed by atoms with van der Waals surface area (Å²) < 4.78 is 6.31. The van der Waals surface area contributed by atoms with Crippen molar-refractivity contribution in [2.45, 2.75) is 0 Å². The van der Waals surface area contributed by atoms with E-state index in [1.165, 1.54) is 0 Å². The zero-order valence-corrected chi connectivity index (χ0v) is 24.5. The number of hydrogen-bond donors (Lipinski definition) is 1. The molecule has 0 aliphatic carbocycles. The average molecular weight is 583 g/mol. The molecule has 1 N–H and O–H groups in total. The molecule has 0 bridgehead atoms. The number of carboxylic acid groups (broad SMARTS) is 1. The van der Waals surface area contributed by atoms with Crippen molar-refractivity contribution in [1.29, 1.82) is 0 Å². The van der Waals surface area contributed by atoms with Gasteiger partial charge in [0.1, 0.15) is 17.2 Å². The molecule has 216 valence electrons. The largest absolute Gasteiger partial charge is 0.477 e. The van der Waals surface area contributed by atoms with Crippen LogP contribution < -0.4 is 10.9 Å². The van der Waals surface area contributed by atoms with Gasteiger partial charge in [-0.25, -0.2) is 4.79 Å². The molecule has 0 saturated heterocycles. The van der Waals surface area contributed by atoms with E-state index in [-0.39, 0.29) is 12.4 Å². The summed E-state index contributed by atoms with van der Waals surface area (Å²) in [6, 6.07) is 49.6. The lowest BCUT2D eigenvalue weighted by atomic mass is 9.36. The molecule has 0 aromatic heterocycles. The molecular formula is C40H30BNO3. The van der Waals surface area contributed by atoms with E-state index >= 15 is 0 Å². The van der Waals surface area contributed by atoms with Crippen LogP contribution in [0.3, 0.4) is 0 Å². The maximum absolute atomic E-state index is 12.7. The molecule has 6 rings (SSSR count). The van der Waals surface area contributed by atoms with Gasteiger partial charge in [0.05, 0.1) is 0 Å². The fraction of sp³-hybridized carbons (Fsp3) is 0. The number of carboxylic acids is 1. The van der Waals surface area contributed by atoms with E-state index in [9.17, 15) is 9.90 Å². The molecule has 4 nitrogen and oxygen atoms in total. The first-order valence-corrected chi connectivity index (χ1v) is 14.8. The lowest BCUT2D eigenvalue weighted by molar-refractivity contribution is -0.132. The Balaban J connectivity index is 1.49. The smallest absolute Gasteiger partial charge is 0.354 e. The monoisotopic (exact) mass is 583 g/mol. The third-order valence-corrected chi connectivity index (χ3v) is 7.43. The number of rotatable bonds is 9. The Bertz CT molecular complexity index is 1820. The maximum Gasteiger partial charge on any atom is 0.354 e. The maximum atomic E-state index is 12.7. The minimum absolute atomic E-state index is 0.0750. The van der Waals surface area contributed by atoms with Crippen molar-refractivity contribution in [2.75, 3.05) is 0 Å². The predicted octanol–water partition coefficient (Wildman–Crippen LogP) is 7.33. The van der Waals surface area contributed by atoms with Crippen molar-refractivity contribution >= 4 is 40.7 Å². The van der Waals surface area contributed by atoms with Crippen molar-refractivity contribution < 1.29 is 14.6 Å². The van der Waals surface area contributed by atoms with Gasteiger partial charge in [-0.05, 0) is 29.4 Å². The van der Waals surface area contributed by atoms with E-state index in [1.54, 1.807) is 12.2 Å². The van der Waals surface area contributed by atoms with Gasteiger partial charge in [0, 0.05) is 16.7 Å². The Hall–Kier alpha value is -5.94. The number of nitrogens with zero attached hydrogens (tertiary/aromatic N) is 1. The standard InChI is InChI=1S/C40H30BNO3/c43-40(44)36(27-26-30-28-37(31-16-6-1-7-17-31)45-38(29-30)32-18-8-2-9-19-32)42-39(33-20-10-3-11-21-33)41(34-22-12-4-13-23-34)35-24-14-5-15-25-35/h1-29H,(H,43,44)/b36-27-,42-39?. The molecule has 0 fully saturated rings. The van der Waals surface area contributed by atoms with Crippen LogP contribution >= 0.6 is 0 Å². The van der Waals surface area contributed by atoms with E-state index in [2.05, 4.69) is 24.3 Å². The van der Waals surface area contributed by atoms with Crippen molar-refractivity contribution in [1.82, 2.24) is 0 Å². The van der Waals surface area contributed by atoms with Crippen LogP contribution in [0, 0.1) is 0 Å². The summed E-state index contributed by atoms with van der Waals surface area (Å²) in [4.78, 5) is 17.6. The van der Waals surface area contributed by atoms with Crippen LogP contribution in [0.1, 0.15) is 16.7 Å². The van der Waals surface area contributed by atoms with Gasteiger partial charge in [0.2, 0.25) is 0 Å². The second-order valence-electron chi connectivity index (χ2n) is 10.5. The molecule has 5 aromatic rings. The quantitative estimate of drug-likeness (QED) is 0.112. The molecule has 0 amide bonds. The van der Waals surface area contributed by atoms with Gasteiger partial charge >= 0.3 is 5.97 Å². The van der Waals surface area contributed by atoms with Crippen LogP contribution in [0.2, 0.25) is 0 Å². The number of benzene rings is 5. The van der Waals surface area contributed by atoms with Crippen LogP contribution in [0.15, 0.2) is 192 Å². The molecule has 5 aromatic carbocycles. The van der Waals surface area contributed by atoms with Gasteiger partial charge in [-0.3, -0.25) is 4.99 Å². The fourth-order valence-electron chi connectivity index (χ4n) is 5.27. The van der Waals surface area contributed by atoms with Crippen LogP contribution in [-0.4, -0.2) is 23.4 Å². The van der Waals surface area contributed by atoms with Crippen LogP contribution in [-0.2, 0) is 9.53 Å². The zero-order chi connectivity index (χ0) is 30.8. The average Bonchev–Trinajstić information content (AvgIpc) is 3.11. The van der Waals surface area contributed by atoms with Crippen LogP contribution in [0.4, 0.5) is 0 Å². The number of ether oxygens (including phenoxy) is 1. The molecule has 0 unspecified atom stereocenters. The van der Waals surface area contributed by atoms with Crippen LogP contribution in [0.25, 0.3) is 11.5 Å². The lowest BCUT2D eigenvalue weighted by Gasteiger charge is -2.19. The third kappa shape index (κ3) is 7.18. The molecule has 0 spiro atoms. The molecule has 45 heavy (non-hydrogen) atoms. The first kappa shape index (κ1) is 29.2. The molecule has 0 atom stereocenters. The van der Waals surface area contributed by atoms with Crippen LogP contribution in [0.5, 0.6) is 0 Å². The van der Waals surface area contributed by atoms with Gasteiger partial charge in [-0.2, -0.15) is 0 Å². The van der Waals surface area contributed by atoms with E-state index in [4.69, 9.17) is 9.73 Å². The minimum atomic E-state index is -1.12. The lowest BCUT2D eigenvalue weighted by Crippen LogP contribution is -2.49. The Labute approximate surface area is 263 Å². The van der Waals surface area contributed by atoms with E-state index in [0.717, 1.165) is 33.2 Å². The van der Waals surface area contributed by atoms with E-state index in [1.807, 2.05) is 140 Å². The Morgan fingerprint density at radius 2 is 1.02 bits per heavy atom. The summed E-state index contributed by atoms with van der Waals surface area (Å²) in [5.74, 6) is 0.233. The topological polar surface area (TPSA) is 58.9 Å². The van der Waals surface area contributed by atoms with Gasteiger partial charge in [0.25, 0.3) is 6.71 Å². The highest BCUT2D eigenvalue weighted by atomic mass is 16.5. The van der Waals surface area contributed by atoms with Crippen molar-refractivity contribution in [3.05, 3.63) is 204 Å². The van der Waals surface area contributed by atoms with Gasteiger partial charge in [-0.1, -0.05) is 169 Å². The predicted molar refractivity (Wildman–Crippen MR) is 185 cm³/mol. The normalized spacial score (nSPS) is 13.3. The second-order valence-corrected chi connectivity index (χ2v) is 10.5. The van der Waals surface area contributed by atoms with Gasteiger partial charge < -0.3 is 9.84 Å². The molecule has 0 saturated carbocycles. The number of allylic oxidation sites excluding steroid dienone is 5. The summed E-state index contributed by atoms with van der Waals surface area (Å²) in [7, 11) is 0. The SMILES string of the molecule is O=C(O)/C(=C/C=C1C=C(c2ccccc2)OC(c2ccccc2)=C1)N=C(B(c1ccccc1)c1ccccc1)c1ccccc1. The molecule has 0 radical (unpaired) electrons.